The standard InChI is InChI=1S/C23H42N4O4/c1-23(2,3)31-22(28)27(18-8-9-18)15-12-25-21(24-4)26-13-10-19(11-14-26)30-17-20-7-5-6-16-29-20/h18-20H,5-17H2,1-4H3,(H,24,25). The van der Waals surface area contributed by atoms with Crippen LogP contribution < -0.4 is 5.32 Å². The first-order chi connectivity index (χ1) is 14.9. The van der Waals surface area contributed by atoms with E-state index in [1.54, 1.807) is 0 Å². The molecular formula is C23H42N4O4. The molecule has 31 heavy (non-hydrogen) atoms. The lowest BCUT2D eigenvalue weighted by molar-refractivity contribution is -0.0721. The van der Waals surface area contributed by atoms with Crippen molar-refractivity contribution in [1.82, 2.24) is 15.1 Å². The molecule has 1 saturated carbocycles. The summed E-state index contributed by atoms with van der Waals surface area (Å²) in [6.45, 7) is 10.5. The number of carbonyl (C=O) groups excluding carboxylic acids is 1. The lowest BCUT2D eigenvalue weighted by Crippen LogP contribution is -2.49. The van der Waals surface area contributed by atoms with Crippen molar-refractivity contribution in [2.24, 2.45) is 4.99 Å². The molecule has 1 unspecified atom stereocenters. The summed E-state index contributed by atoms with van der Waals surface area (Å²) >= 11 is 0. The van der Waals surface area contributed by atoms with Crippen LogP contribution in [0.5, 0.6) is 0 Å². The number of ether oxygens (including phenoxy) is 3. The highest BCUT2D eigenvalue weighted by Gasteiger charge is 2.35. The molecule has 0 radical (unpaired) electrons. The van der Waals surface area contributed by atoms with E-state index in [1.807, 2.05) is 32.7 Å². The number of guanidine groups is 1. The maximum Gasteiger partial charge on any atom is 0.410 e. The van der Waals surface area contributed by atoms with Crippen LogP contribution in [-0.2, 0) is 14.2 Å². The minimum atomic E-state index is -0.469. The van der Waals surface area contributed by atoms with Gasteiger partial charge in [0.05, 0.1) is 18.8 Å². The smallest absolute Gasteiger partial charge is 0.410 e. The highest BCUT2D eigenvalue weighted by atomic mass is 16.6. The molecule has 1 amide bonds. The maximum absolute atomic E-state index is 12.5. The summed E-state index contributed by atoms with van der Waals surface area (Å²) in [5.41, 5.74) is -0.469. The highest BCUT2D eigenvalue weighted by molar-refractivity contribution is 5.80. The lowest BCUT2D eigenvalue weighted by Gasteiger charge is -2.35. The Balaban J connectivity index is 1.36. The molecule has 3 aliphatic rings. The van der Waals surface area contributed by atoms with Gasteiger partial charge in [0.25, 0.3) is 0 Å². The Bertz CT molecular complexity index is 589. The molecule has 2 saturated heterocycles. The highest BCUT2D eigenvalue weighted by Crippen LogP contribution is 2.28. The largest absolute Gasteiger partial charge is 0.444 e. The molecule has 0 spiro atoms. The van der Waals surface area contributed by atoms with Gasteiger partial charge in [-0.1, -0.05) is 0 Å². The van der Waals surface area contributed by atoms with E-state index in [2.05, 4.69) is 15.2 Å². The van der Waals surface area contributed by atoms with Gasteiger partial charge in [0.2, 0.25) is 0 Å². The molecule has 8 heteroatoms. The summed E-state index contributed by atoms with van der Waals surface area (Å²) < 4.78 is 17.5. The second kappa shape index (κ2) is 11.4. The van der Waals surface area contributed by atoms with E-state index in [4.69, 9.17) is 14.2 Å². The second-order valence-corrected chi connectivity index (χ2v) is 9.89. The minimum absolute atomic E-state index is 0.216. The van der Waals surface area contributed by atoms with Crippen LogP contribution in [0.4, 0.5) is 4.79 Å². The molecule has 8 nitrogen and oxygen atoms in total. The number of rotatable bonds is 7. The van der Waals surface area contributed by atoms with Gasteiger partial charge in [0.1, 0.15) is 5.60 Å². The van der Waals surface area contributed by atoms with E-state index in [-0.39, 0.29) is 12.2 Å². The molecule has 3 fully saturated rings. The zero-order valence-corrected chi connectivity index (χ0v) is 19.9. The topological polar surface area (TPSA) is 75.6 Å². The molecular weight excluding hydrogens is 396 g/mol. The fraction of sp³-hybridized carbons (Fsp3) is 0.913. The van der Waals surface area contributed by atoms with Gasteiger partial charge in [0, 0.05) is 45.9 Å². The Kier molecular flexibility index (Phi) is 8.84. The Labute approximate surface area is 187 Å². The molecule has 2 aliphatic heterocycles. The Morgan fingerprint density at radius 2 is 1.90 bits per heavy atom. The van der Waals surface area contributed by atoms with E-state index < -0.39 is 5.60 Å². The van der Waals surface area contributed by atoms with Crippen molar-refractivity contribution in [3.8, 4) is 0 Å². The van der Waals surface area contributed by atoms with Gasteiger partial charge < -0.3 is 29.3 Å². The average molecular weight is 439 g/mol. The lowest BCUT2D eigenvalue weighted by atomic mass is 10.1. The second-order valence-electron chi connectivity index (χ2n) is 9.89. The van der Waals surface area contributed by atoms with Crippen molar-refractivity contribution in [3.63, 3.8) is 0 Å². The quantitative estimate of drug-likeness (QED) is 0.486. The predicted octanol–water partition coefficient (Wildman–Crippen LogP) is 3.01. The summed E-state index contributed by atoms with van der Waals surface area (Å²) in [5, 5.41) is 3.43. The van der Waals surface area contributed by atoms with Crippen LogP contribution in [0, 0.1) is 0 Å². The number of nitrogens with zero attached hydrogens (tertiary/aromatic N) is 3. The van der Waals surface area contributed by atoms with Gasteiger partial charge in [-0.05, 0) is 65.7 Å². The van der Waals surface area contributed by atoms with E-state index >= 15 is 0 Å². The van der Waals surface area contributed by atoms with Crippen LogP contribution in [0.1, 0.15) is 65.7 Å². The van der Waals surface area contributed by atoms with Gasteiger partial charge in [-0.3, -0.25) is 4.99 Å². The van der Waals surface area contributed by atoms with Crippen molar-refractivity contribution in [3.05, 3.63) is 0 Å². The van der Waals surface area contributed by atoms with Crippen molar-refractivity contribution in [2.45, 2.75) is 89.6 Å². The number of aliphatic imine (C=N–C) groups is 1. The van der Waals surface area contributed by atoms with Crippen LogP contribution in [0.2, 0.25) is 0 Å². The first-order valence-corrected chi connectivity index (χ1v) is 12.0. The summed E-state index contributed by atoms with van der Waals surface area (Å²) in [4.78, 5) is 21.1. The number of likely N-dealkylation sites (tertiary alicyclic amines) is 1. The van der Waals surface area contributed by atoms with Crippen molar-refractivity contribution in [2.75, 3.05) is 46.4 Å². The molecule has 0 aromatic rings. The summed E-state index contributed by atoms with van der Waals surface area (Å²) in [5.74, 6) is 0.897. The normalized spacial score (nSPS) is 23.5. The van der Waals surface area contributed by atoms with Gasteiger partial charge in [-0.15, -0.1) is 0 Å². The van der Waals surface area contributed by atoms with Gasteiger partial charge in [0.15, 0.2) is 5.96 Å². The third-order valence-corrected chi connectivity index (χ3v) is 6.00. The number of hydrogen-bond donors (Lipinski definition) is 1. The fourth-order valence-corrected chi connectivity index (χ4v) is 4.17. The van der Waals surface area contributed by atoms with Crippen LogP contribution in [-0.4, -0.2) is 92.1 Å². The zero-order valence-electron chi connectivity index (χ0n) is 19.9. The van der Waals surface area contributed by atoms with E-state index in [1.165, 1.54) is 12.8 Å². The van der Waals surface area contributed by atoms with E-state index in [0.717, 1.165) is 64.4 Å². The first-order valence-electron chi connectivity index (χ1n) is 12.0. The molecule has 0 aromatic carbocycles. The van der Waals surface area contributed by atoms with Crippen molar-refractivity contribution < 1.29 is 19.0 Å². The Hall–Kier alpha value is -1.54. The van der Waals surface area contributed by atoms with Crippen molar-refractivity contribution >= 4 is 12.1 Å². The van der Waals surface area contributed by atoms with Crippen LogP contribution >= 0.6 is 0 Å². The zero-order chi connectivity index (χ0) is 22.3. The number of piperidine rings is 1. The fourth-order valence-electron chi connectivity index (χ4n) is 4.17. The molecule has 1 atom stereocenters. The Morgan fingerprint density at radius 3 is 2.48 bits per heavy atom. The molecule has 0 bridgehead atoms. The number of hydrogen-bond acceptors (Lipinski definition) is 5. The van der Waals surface area contributed by atoms with Gasteiger partial charge >= 0.3 is 6.09 Å². The summed E-state index contributed by atoms with van der Waals surface area (Å²) in [7, 11) is 1.82. The first kappa shape index (κ1) is 24.1. The van der Waals surface area contributed by atoms with Crippen LogP contribution in [0.3, 0.4) is 0 Å². The van der Waals surface area contributed by atoms with Gasteiger partial charge in [-0.25, -0.2) is 4.79 Å². The molecule has 2 heterocycles. The number of nitrogens with one attached hydrogen (secondary N) is 1. The minimum Gasteiger partial charge on any atom is -0.444 e. The monoisotopic (exact) mass is 438 g/mol. The van der Waals surface area contributed by atoms with Crippen LogP contribution in [0.25, 0.3) is 0 Å². The number of carbonyl (C=O) groups is 1. The van der Waals surface area contributed by atoms with E-state index in [9.17, 15) is 4.79 Å². The number of amides is 1. The molecule has 0 aromatic heterocycles. The molecule has 1 aliphatic carbocycles. The average Bonchev–Trinajstić information content (AvgIpc) is 3.57. The Morgan fingerprint density at radius 1 is 1.16 bits per heavy atom. The summed E-state index contributed by atoms with van der Waals surface area (Å²) in [6.07, 6.45) is 8.04. The summed E-state index contributed by atoms with van der Waals surface area (Å²) in [6, 6.07) is 0.319. The third kappa shape index (κ3) is 8.15. The molecule has 1 N–H and O–H groups in total. The van der Waals surface area contributed by atoms with E-state index in [0.29, 0.717) is 25.2 Å². The third-order valence-electron chi connectivity index (χ3n) is 6.00. The van der Waals surface area contributed by atoms with Crippen molar-refractivity contribution in [1.29, 1.82) is 0 Å². The maximum atomic E-state index is 12.5. The SMILES string of the molecule is CN=C(NCCN(C(=O)OC(C)(C)C)C1CC1)N1CCC(OCC2CCCCO2)CC1. The molecule has 178 valence electrons. The van der Waals surface area contributed by atoms with Gasteiger partial charge in [-0.2, -0.15) is 0 Å². The van der Waals surface area contributed by atoms with Crippen LogP contribution in [0.15, 0.2) is 4.99 Å². The molecule has 3 rings (SSSR count). The predicted molar refractivity (Wildman–Crippen MR) is 121 cm³/mol.